The van der Waals surface area contributed by atoms with E-state index in [0.29, 0.717) is 19.6 Å². The standard InChI is InChI=1S/C12H20N2O2/c1-5-12(4,8-13)11(15)14-6-10(3)16-7-9(14)2/h9-10H,5-7H2,1-4H3. The van der Waals surface area contributed by atoms with Crippen LogP contribution in [0.3, 0.4) is 0 Å². The molecule has 4 heteroatoms. The average Bonchev–Trinajstić information content (AvgIpc) is 2.30. The van der Waals surface area contributed by atoms with Crippen LogP contribution in [-0.2, 0) is 9.53 Å². The maximum atomic E-state index is 12.3. The van der Waals surface area contributed by atoms with Gasteiger partial charge in [0.15, 0.2) is 0 Å². The molecule has 90 valence electrons. The summed E-state index contributed by atoms with van der Waals surface area (Å²) >= 11 is 0. The first-order valence-electron chi connectivity index (χ1n) is 5.78. The van der Waals surface area contributed by atoms with Crippen molar-refractivity contribution in [3.63, 3.8) is 0 Å². The molecule has 1 aliphatic heterocycles. The quantitative estimate of drug-likeness (QED) is 0.715. The van der Waals surface area contributed by atoms with Crippen molar-refractivity contribution in [3.8, 4) is 6.07 Å². The Bertz CT molecular complexity index is 311. The zero-order valence-electron chi connectivity index (χ0n) is 10.5. The van der Waals surface area contributed by atoms with Gasteiger partial charge in [0, 0.05) is 6.54 Å². The molecule has 4 nitrogen and oxygen atoms in total. The average molecular weight is 224 g/mol. The van der Waals surface area contributed by atoms with Crippen LogP contribution in [0, 0.1) is 16.7 Å². The molecule has 0 aromatic carbocycles. The molecule has 0 spiro atoms. The third-order valence-corrected chi connectivity index (χ3v) is 3.29. The molecule has 3 unspecified atom stereocenters. The Kier molecular flexibility index (Phi) is 3.93. The summed E-state index contributed by atoms with van der Waals surface area (Å²) in [6, 6.07) is 2.19. The van der Waals surface area contributed by atoms with Gasteiger partial charge >= 0.3 is 0 Å². The van der Waals surface area contributed by atoms with E-state index in [0.717, 1.165) is 0 Å². The summed E-state index contributed by atoms with van der Waals surface area (Å²) in [6.45, 7) is 8.62. The lowest BCUT2D eigenvalue weighted by Gasteiger charge is -2.39. The van der Waals surface area contributed by atoms with Crippen LogP contribution < -0.4 is 0 Å². The molecule has 0 saturated carbocycles. The van der Waals surface area contributed by atoms with Gasteiger partial charge in [-0.05, 0) is 27.2 Å². The third kappa shape index (κ3) is 2.35. The Morgan fingerprint density at radius 3 is 2.75 bits per heavy atom. The lowest BCUT2D eigenvalue weighted by molar-refractivity contribution is -0.150. The van der Waals surface area contributed by atoms with Gasteiger partial charge in [0.25, 0.3) is 0 Å². The van der Waals surface area contributed by atoms with Gasteiger partial charge in [-0.3, -0.25) is 4.79 Å². The number of hydrogen-bond acceptors (Lipinski definition) is 3. The van der Waals surface area contributed by atoms with Crippen LogP contribution in [0.4, 0.5) is 0 Å². The summed E-state index contributed by atoms with van der Waals surface area (Å²) in [4.78, 5) is 14.1. The largest absolute Gasteiger partial charge is 0.375 e. The molecule has 16 heavy (non-hydrogen) atoms. The summed E-state index contributed by atoms with van der Waals surface area (Å²) in [5, 5.41) is 9.11. The van der Waals surface area contributed by atoms with Gasteiger partial charge in [-0.15, -0.1) is 0 Å². The van der Waals surface area contributed by atoms with Gasteiger partial charge in [-0.25, -0.2) is 0 Å². The van der Waals surface area contributed by atoms with Crippen LogP contribution in [0.15, 0.2) is 0 Å². The summed E-state index contributed by atoms with van der Waals surface area (Å²) in [7, 11) is 0. The molecule has 1 saturated heterocycles. The summed E-state index contributed by atoms with van der Waals surface area (Å²) in [6.07, 6.45) is 0.598. The van der Waals surface area contributed by atoms with Crippen LogP contribution in [0.5, 0.6) is 0 Å². The summed E-state index contributed by atoms with van der Waals surface area (Å²) < 4.78 is 5.47. The first kappa shape index (κ1) is 13.0. The number of carbonyl (C=O) groups excluding carboxylic acids is 1. The minimum absolute atomic E-state index is 0.0555. The van der Waals surface area contributed by atoms with Gasteiger partial charge in [-0.1, -0.05) is 6.92 Å². The molecule has 1 heterocycles. The fraction of sp³-hybridized carbons (Fsp3) is 0.833. The van der Waals surface area contributed by atoms with E-state index in [1.807, 2.05) is 20.8 Å². The van der Waals surface area contributed by atoms with Crippen molar-refractivity contribution in [2.75, 3.05) is 13.2 Å². The fourth-order valence-electron chi connectivity index (χ4n) is 1.78. The van der Waals surface area contributed by atoms with E-state index >= 15 is 0 Å². The third-order valence-electron chi connectivity index (χ3n) is 3.29. The highest BCUT2D eigenvalue weighted by atomic mass is 16.5. The van der Waals surface area contributed by atoms with Gasteiger partial charge < -0.3 is 9.64 Å². The Balaban J connectivity index is 2.83. The van der Waals surface area contributed by atoms with Crippen LogP contribution in [0.2, 0.25) is 0 Å². The number of rotatable bonds is 2. The molecule has 0 aromatic heterocycles. The first-order valence-corrected chi connectivity index (χ1v) is 5.78. The molecule has 1 amide bonds. The second kappa shape index (κ2) is 4.84. The monoisotopic (exact) mass is 224 g/mol. The van der Waals surface area contributed by atoms with E-state index in [1.165, 1.54) is 0 Å². The predicted molar refractivity (Wildman–Crippen MR) is 60.6 cm³/mol. The SMILES string of the molecule is CCC(C)(C#N)C(=O)N1CC(C)OCC1C. The molecule has 0 bridgehead atoms. The molecule has 3 atom stereocenters. The van der Waals surface area contributed by atoms with E-state index in [4.69, 9.17) is 10.00 Å². The smallest absolute Gasteiger partial charge is 0.243 e. The van der Waals surface area contributed by atoms with Crippen molar-refractivity contribution >= 4 is 5.91 Å². The number of nitrogens with zero attached hydrogens (tertiary/aromatic N) is 2. The lowest BCUT2D eigenvalue weighted by Crippen LogP contribution is -2.54. The Morgan fingerprint density at radius 1 is 1.62 bits per heavy atom. The maximum absolute atomic E-state index is 12.3. The van der Waals surface area contributed by atoms with Gasteiger partial charge in [0.05, 0.1) is 24.8 Å². The molecule has 1 fully saturated rings. The molecular weight excluding hydrogens is 204 g/mol. The number of carbonyl (C=O) groups is 1. The first-order chi connectivity index (χ1) is 7.44. The lowest BCUT2D eigenvalue weighted by atomic mass is 9.87. The van der Waals surface area contributed by atoms with E-state index in [9.17, 15) is 4.79 Å². The van der Waals surface area contributed by atoms with E-state index < -0.39 is 5.41 Å². The molecule has 0 radical (unpaired) electrons. The number of hydrogen-bond donors (Lipinski definition) is 0. The highest BCUT2D eigenvalue weighted by Gasteiger charge is 2.39. The molecule has 1 rings (SSSR count). The second-order valence-electron chi connectivity index (χ2n) is 4.75. The number of nitriles is 1. The number of amides is 1. The normalized spacial score (nSPS) is 29.3. The topological polar surface area (TPSA) is 53.3 Å². The molecule has 1 aliphatic rings. The van der Waals surface area contributed by atoms with E-state index in [1.54, 1.807) is 11.8 Å². The van der Waals surface area contributed by atoms with Gasteiger partial charge in [0.2, 0.25) is 5.91 Å². The number of morpholine rings is 1. The minimum atomic E-state index is -0.898. The molecular formula is C12H20N2O2. The van der Waals surface area contributed by atoms with Crippen LogP contribution in [-0.4, -0.2) is 36.1 Å². The van der Waals surface area contributed by atoms with Crippen LogP contribution in [0.1, 0.15) is 34.1 Å². The Hall–Kier alpha value is -1.08. The van der Waals surface area contributed by atoms with Gasteiger partial charge in [-0.2, -0.15) is 5.26 Å². The van der Waals surface area contributed by atoms with Crippen molar-refractivity contribution in [1.82, 2.24) is 4.90 Å². The maximum Gasteiger partial charge on any atom is 0.243 e. The predicted octanol–water partition coefficient (Wildman–Crippen LogP) is 1.56. The van der Waals surface area contributed by atoms with Crippen LogP contribution in [0.25, 0.3) is 0 Å². The van der Waals surface area contributed by atoms with Crippen molar-refractivity contribution in [1.29, 1.82) is 5.26 Å². The zero-order valence-corrected chi connectivity index (χ0v) is 10.5. The Morgan fingerprint density at radius 2 is 2.25 bits per heavy atom. The Labute approximate surface area is 97.2 Å². The summed E-state index contributed by atoms with van der Waals surface area (Å²) in [5.41, 5.74) is -0.898. The molecule has 0 N–H and O–H groups in total. The van der Waals surface area contributed by atoms with Crippen LogP contribution >= 0.6 is 0 Å². The minimum Gasteiger partial charge on any atom is -0.375 e. The fourth-order valence-corrected chi connectivity index (χ4v) is 1.78. The second-order valence-corrected chi connectivity index (χ2v) is 4.75. The van der Waals surface area contributed by atoms with E-state index in [2.05, 4.69) is 6.07 Å². The molecule has 0 aromatic rings. The van der Waals surface area contributed by atoms with Gasteiger partial charge in [0.1, 0.15) is 5.41 Å². The zero-order chi connectivity index (χ0) is 12.3. The highest BCUT2D eigenvalue weighted by Crippen LogP contribution is 2.26. The highest BCUT2D eigenvalue weighted by molar-refractivity contribution is 5.85. The van der Waals surface area contributed by atoms with E-state index in [-0.39, 0.29) is 18.1 Å². The summed E-state index contributed by atoms with van der Waals surface area (Å²) in [5.74, 6) is -0.0693. The number of ether oxygens (including phenoxy) is 1. The van der Waals surface area contributed by atoms with Crippen molar-refractivity contribution < 1.29 is 9.53 Å². The van der Waals surface area contributed by atoms with Crippen molar-refractivity contribution in [2.24, 2.45) is 5.41 Å². The van der Waals surface area contributed by atoms with Crippen molar-refractivity contribution in [3.05, 3.63) is 0 Å². The van der Waals surface area contributed by atoms with Crippen molar-refractivity contribution in [2.45, 2.75) is 46.3 Å². The molecule has 0 aliphatic carbocycles.